The highest BCUT2D eigenvalue weighted by molar-refractivity contribution is 7.99. The van der Waals surface area contributed by atoms with E-state index in [2.05, 4.69) is 24.5 Å². The maximum atomic E-state index is 11.1. The van der Waals surface area contributed by atoms with E-state index in [0.29, 0.717) is 6.42 Å². The zero-order chi connectivity index (χ0) is 14.3. The summed E-state index contributed by atoms with van der Waals surface area (Å²) >= 11 is 1.75. The van der Waals surface area contributed by atoms with Crippen molar-refractivity contribution in [3.8, 4) is 0 Å². The van der Waals surface area contributed by atoms with E-state index in [1.807, 2.05) is 12.1 Å². The van der Waals surface area contributed by atoms with Crippen molar-refractivity contribution in [1.29, 1.82) is 0 Å². The Morgan fingerprint density at radius 2 is 2.05 bits per heavy atom. The Morgan fingerprint density at radius 1 is 1.37 bits per heavy atom. The molecule has 1 unspecified atom stereocenters. The number of thioether (sulfide) groups is 1. The van der Waals surface area contributed by atoms with Crippen LogP contribution in [0.25, 0.3) is 0 Å². The lowest BCUT2D eigenvalue weighted by atomic mass is 10.2. The number of benzene rings is 1. The molecule has 19 heavy (non-hydrogen) atoms. The number of hydrogen-bond acceptors (Lipinski definition) is 5. The van der Waals surface area contributed by atoms with Crippen LogP contribution in [0.3, 0.4) is 0 Å². The third-order valence-corrected chi connectivity index (χ3v) is 5.21. The molecule has 0 amide bonds. The molecule has 0 saturated carbocycles. The van der Waals surface area contributed by atoms with E-state index in [4.69, 9.17) is 5.84 Å². The van der Waals surface area contributed by atoms with Crippen LogP contribution >= 0.6 is 11.8 Å². The van der Waals surface area contributed by atoms with Gasteiger partial charge < -0.3 is 0 Å². The minimum absolute atomic E-state index is 0.131. The molecule has 1 atom stereocenters. The molecule has 0 radical (unpaired) electrons. The van der Waals surface area contributed by atoms with Crippen LogP contribution < -0.4 is 11.3 Å². The minimum Gasteiger partial charge on any atom is -0.271 e. The maximum absolute atomic E-state index is 11.1. The van der Waals surface area contributed by atoms with E-state index in [1.54, 1.807) is 11.8 Å². The molecule has 1 rings (SSSR count). The summed E-state index contributed by atoms with van der Waals surface area (Å²) < 4.78 is 22.1. The van der Waals surface area contributed by atoms with E-state index in [1.165, 1.54) is 16.7 Å². The molecule has 4 nitrogen and oxygen atoms in total. The summed E-state index contributed by atoms with van der Waals surface area (Å²) in [6, 6.07) is 8.33. The highest BCUT2D eigenvalue weighted by Gasteiger charge is 2.10. The fraction of sp³-hybridized carbons (Fsp3) is 0.538. The summed E-state index contributed by atoms with van der Waals surface area (Å²) in [5.41, 5.74) is 4.01. The van der Waals surface area contributed by atoms with Gasteiger partial charge in [-0.15, -0.1) is 11.8 Å². The normalized spacial score (nSPS) is 13.4. The second kappa shape index (κ2) is 7.89. The lowest BCUT2D eigenvalue weighted by Gasteiger charge is -2.15. The fourth-order valence-electron chi connectivity index (χ4n) is 1.72. The maximum Gasteiger partial charge on any atom is 0.147 e. The fourth-order valence-corrected chi connectivity index (χ4v) is 3.52. The molecule has 3 N–H and O–H groups in total. The van der Waals surface area contributed by atoms with Crippen molar-refractivity contribution in [2.75, 3.05) is 17.8 Å². The molecule has 0 aliphatic rings. The molecule has 0 bridgehead atoms. The highest BCUT2D eigenvalue weighted by atomic mass is 32.2. The number of hydrazine groups is 1. The van der Waals surface area contributed by atoms with E-state index in [9.17, 15) is 8.42 Å². The molecule has 108 valence electrons. The predicted octanol–water partition coefficient (Wildman–Crippen LogP) is 1.74. The first-order chi connectivity index (χ1) is 8.92. The molecule has 1 aromatic carbocycles. The van der Waals surface area contributed by atoms with Gasteiger partial charge in [0.05, 0.1) is 0 Å². The van der Waals surface area contributed by atoms with Gasteiger partial charge >= 0.3 is 0 Å². The molecule has 0 heterocycles. The number of rotatable bonds is 8. The van der Waals surface area contributed by atoms with Crippen molar-refractivity contribution in [1.82, 2.24) is 5.43 Å². The lowest BCUT2D eigenvalue weighted by molar-refractivity contribution is 0.528. The van der Waals surface area contributed by atoms with Crippen LogP contribution in [0.1, 0.15) is 18.4 Å². The molecule has 0 spiro atoms. The smallest absolute Gasteiger partial charge is 0.147 e. The van der Waals surface area contributed by atoms with Gasteiger partial charge in [0.15, 0.2) is 0 Å². The van der Waals surface area contributed by atoms with Gasteiger partial charge in [0, 0.05) is 28.7 Å². The highest BCUT2D eigenvalue weighted by Crippen LogP contribution is 2.23. The van der Waals surface area contributed by atoms with Gasteiger partial charge in [-0.05, 0) is 31.4 Å². The molecule has 0 saturated heterocycles. The standard InChI is InChI=1S/C13H22N2O2S2/c1-11-6-3-4-8-13(11)18-10-12(15-14)7-5-9-19(2,16)17/h3-4,6,8,12,15H,5,7,9-10,14H2,1-2H3. The molecule has 1 aromatic rings. The van der Waals surface area contributed by atoms with Crippen LogP contribution in [0.4, 0.5) is 0 Å². The summed E-state index contributed by atoms with van der Waals surface area (Å²) in [5, 5.41) is 0. The lowest BCUT2D eigenvalue weighted by Crippen LogP contribution is -2.37. The van der Waals surface area contributed by atoms with E-state index >= 15 is 0 Å². The molecule has 6 heteroatoms. The van der Waals surface area contributed by atoms with Gasteiger partial charge in [-0.25, -0.2) is 8.42 Å². The van der Waals surface area contributed by atoms with E-state index in [-0.39, 0.29) is 11.8 Å². The number of nitrogens with two attached hydrogens (primary N) is 1. The van der Waals surface area contributed by atoms with Gasteiger partial charge in [-0.2, -0.15) is 0 Å². The van der Waals surface area contributed by atoms with Gasteiger partial charge in [-0.3, -0.25) is 11.3 Å². The van der Waals surface area contributed by atoms with Crippen LogP contribution in [0.2, 0.25) is 0 Å². The largest absolute Gasteiger partial charge is 0.271 e. The molecule has 0 aliphatic heterocycles. The van der Waals surface area contributed by atoms with Crippen LogP contribution in [0, 0.1) is 6.92 Å². The summed E-state index contributed by atoms with van der Waals surface area (Å²) in [4.78, 5) is 1.24. The molecular weight excluding hydrogens is 280 g/mol. The molecule has 0 aliphatic carbocycles. The predicted molar refractivity (Wildman–Crippen MR) is 82.0 cm³/mol. The van der Waals surface area contributed by atoms with Gasteiger partial charge in [-0.1, -0.05) is 18.2 Å². The Hall–Kier alpha value is -0.560. The topological polar surface area (TPSA) is 72.2 Å². The van der Waals surface area contributed by atoms with Crippen molar-refractivity contribution in [2.24, 2.45) is 5.84 Å². The van der Waals surface area contributed by atoms with Crippen LogP contribution in [0.5, 0.6) is 0 Å². The quantitative estimate of drug-likeness (QED) is 0.435. The zero-order valence-corrected chi connectivity index (χ0v) is 13.1. The first-order valence-corrected chi connectivity index (χ1v) is 9.29. The number of hydrogen-bond donors (Lipinski definition) is 2. The third kappa shape index (κ3) is 6.96. The van der Waals surface area contributed by atoms with Crippen molar-refractivity contribution in [3.05, 3.63) is 29.8 Å². The Morgan fingerprint density at radius 3 is 2.63 bits per heavy atom. The van der Waals surface area contributed by atoms with Crippen molar-refractivity contribution in [2.45, 2.75) is 30.7 Å². The zero-order valence-electron chi connectivity index (χ0n) is 11.4. The average Bonchev–Trinajstić information content (AvgIpc) is 2.34. The van der Waals surface area contributed by atoms with Crippen LogP contribution in [0.15, 0.2) is 29.2 Å². The molecule has 0 aromatic heterocycles. The van der Waals surface area contributed by atoms with Crippen molar-refractivity contribution >= 4 is 21.6 Å². The SMILES string of the molecule is Cc1ccccc1SCC(CCCS(C)(=O)=O)NN. The Bertz CT molecular complexity index is 489. The summed E-state index contributed by atoms with van der Waals surface area (Å²) in [6.07, 6.45) is 2.67. The Balaban J connectivity index is 2.39. The van der Waals surface area contributed by atoms with Gasteiger partial charge in [0.1, 0.15) is 9.84 Å². The number of aryl methyl sites for hydroxylation is 1. The summed E-state index contributed by atoms with van der Waals surface area (Å²) in [6.45, 7) is 2.08. The van der Waals surface area contributed by atoms with Crippen molar-refractivity contribution < 1.29 is 8.42 Å². The second-order valence-corrected chi connectivity index (χ2v) is 8.03. The van der Waals surface area contributed by atoms with Crippen molar-refractivity contribution in [3.63, 3.8) is 0 Å². The summed E-state index contributed by atoms with van der Waals surface area (Å²) in [7, 11) is -2.88. The first kappa shape index (κ1) is 16.5. The van der Waals surface area contributed by atoms with Gasteiger partial charge in [0.2, 0.25) is 0 Å². The molecule has 0 fully saturated rings. The second-order valence-electron chi connectivity index (χ2n) is 4.71. The van der Waals surface area contributed by atoms with E-state index < -0.39 is 9.84 Å². The average molecular weight is 302 g/mol. The molecular formula is C13H22N2O2S2. The monoisotopic (exact) mass is 302 g/mol. The number of sulfone groups is 1. The Kier molecular flexibility index (Phi) is 6.85. The Labute approximate surface area is 120 Å². The first-order valence-electron chi connectivity index (χ1n) is 6.24. The summed E-state index contributed by atoms with van der Waals surface area (Å²) in [5.74, 6) is 6.57. The van der Waals surface area contributed by atoms with Crippen LogP contribution in [-0.4, -0.2) is 32.2 Å². The van der Waals surface area contributed by atoms with E-state index in [0.717, 1.165) is 12.2 Å². The third-order valence-electron chi connectivity index (χ3n) is 2.84. The van der Waals surface area contributed by atoms with Crippen LogP contribution in [-0.2, 0) is 9.84 Å². The van der Waals surface area contributed by atoms with Gasteiger partial charge in [0.25, 0.3) is 0 Å². The minimum atomic E-state index is -2.88. The number of nitrogens with one attached hydrogen (secondary N) is 1.